The number of nitrogens with one attached hydrogen (secondary N) is 1. The summed E-state index contributed by atoms with van der Waals surface area (Å²) in [5.74, 6) is 1.50. The van der Waals surface area contributed by atoms with Crippen molar-refractivity contribution in [2.75, 3.05) is 37.3 Å². The third-order valence-corrected chi connectivity index (χ3v) is 5.15. The summed E-state index contributed by atoms with van der Waals surface area (Å²) in [6, 6.07) is 7.25. The summed E-state index contributed by atoms with van der Waals surface area (Å²) in [6.07, 6.45) is 1.24. The Morgan fingerprint density at radius 3 is 2.17 bits per heavy atom. The maximum atomic E-state index is 11.4. The Morgan fingerprint density at radius 2 is 1.67 bits per heavy atom. The van der Waals surface area contributed by atoms with E-state index in [9.17, 15) is 8.42 Å². The number of hydrogen-bond donors (Lipinski definition) is 1. The maximum absolute atomic E-state index is 11.4. The molecule has 2 atom stereocenters. The van der Waals surface area contributed by atoms with Gasteiger partial charge >= 0.3 is 0 Å². The van der Waals surface area contributed by atoms with Crippen LogP contribution in [-0.4, -0.2) is 40.9 Å². The van der Waals surface area contributed by atoms with Gasteiger partial charge in [-0.05, 0) is 36.1 Å². The largest absolute Gasteiger partial charge is 0.371 e. The molecule has 18 heavy (non-hydrogen) atoms. The number of rotatable bonds is 2. The Kier molecular flexibility index (Phi) is 2.83. The van der Waals surface area contributed by atoms with Gasteiger partial charge in [-0.1, -0.05) is 0 Å². The molecule has 1 aromatic carbocycles. The molecule has 2 fully saturated rings. The highest BCUT2D eigenvalue weighted by Crippen LogP contribution is 2.30. The number of anilines is 1. The fraction of sp³-hybridized carbons (Fsp3) is 0.538. The van der Waals surface area contributed by atoms with Crippen LogP contribution in [0.4, 0.5) is 5.69 Å². The third kappa shape index (κ3) is 2.12. The predicted molar refractivity (Wildman–Crippen MR) is 71.6 cm³/mol. The third-order valence-electron chi connectivity index (χ3n) is 4.02. The van der Waals surface area contributed by atoms with Crippen LogP contribution in [0.5, 0.6) is 0 Å². The number of benzene rings is 1. The smallest absolute Gasteiger partial charge is 0.175 e. The minimum Gasteiger partial charge on any atom is -0.371 e. The molecule has 0 radical (unpaired) electrons. The van der Waals surface area contributed by atoms with Gasteiger partial charge in [-0.15, -0.1) is 0 Å². The molecule has 3 rings (SSSR count). The molecule has 0 amide bonds. The topological polar surface area (TPSA) is 49.4 Å². The summed E-state index contributed by atoms with van der Waals surface area (Å²) in [7, 11) is -3.09. The van der Waals surface area contributed by atoms with Gasteiger partial charge in [0, 0.05) is 38.1 Å². The molecule has 98 valence electrons. The standard InChI is InChI=1S/C13H18N2O2S/c1-18(16,17)13-4-2-12(3-5-13)15-8-10-6-14-7-11(10)9-15/h2-5,10-11,14H,6-9H2,1H3. The molecule has 2 heterocycles. The zero-order valence-electron chi connectivity index (χ0n) is 10.5. The number of sulfone groups is 1. The molecular weight excluding hydrogens is 248 g/mol. The van der Waals surface area contributed by atoms with E-state index in [4.69, 9.17) is 0 Å². The average molecular weight is 266 g/mol. The molecule has 5 heteroatoms. The van der Waals surface area contributed by atoms with Crippen molar-refractivity contribution in [1.82, 2.24) is 5.32 Å². The van der Waals surface area contributed by atoms with E-state index >= 15 is 0 Å². The number of nitrogens with zero attached hydrogens (tertiary/aromatic N) is 1. The van der Waals surface area contributed by atoms with Gasteiger partial charge in [0.25, 0.3) is 0 Å². The minimum atomic E-state index is -3.09. The van der Waals surface area contributed by atoms with Gasteiger partial charge in [-0.2, -0.15) is 0 Å². The van der Waals surface area contributed by atoms with E-state index < -0.39 is 9.84 Å². The first-order valence-corrected chi connectivity index (χ1v) is 8.19. The summed E-state index contributed by atoms with van der Waals surface area (Å²) < 4.78 is 22.8. The van der Waals surface area contributed by atoms with E-state index in [1.54, 1.807) is 12.1 Å². The van der Waals surface area contributed by atoms with E-state index in [0.29, 0.717) is 4.90 Å². The first-order chi connectivity index (χ1) is 8.54. The van der Waals surface area contributed by atoms with Gasteiger partial charge < -0.3 is 10.2 Å². The van der Waals surface area contributed by atoms with Crippen molar-refractivity contribution in [3.63, 3.8) is 0 Å². The van der Waals surface area contributed by atoms with Crippen LogP contribution in [0.1, 0.15) is 0 Å². The van der Waals surface area contributed by atoms with Crippen LogP contribution < -0.4 is 10.2 Å². The lowest BCUT2D eigenvalue weighted by Gasteiger charge is -2.19. The van der Waals surface area contributed by atoms with Crippen LogP contribution in [0, 0.1) is 11.8 Å². The van der Waals surface area contributed by atoms with Gasteiger partial charge in [0.15, 0.2) is 9.84 Å². The van der Waals surface area contributed by atoms with Crippen LogP contribution in [0.2, 0.25) is 0 Å². The SMILES string of the molecule is CS(=O)(=O)c1ccc(N2CC3CNCC3C2)cc1. The predicted octanol–water partition coefficient (Wildman–Crippen LogP) is 0.746. The van der Waals surface area contributed by atoms with E-state index in [2.05, 4.69) is 10.2 Å². The van der Waals surface area contributed by atoms with Crippen molar-refractivity contribution in [3.05, 3.63) is 24.3 Å². The molecule has 4 nitrogen and oxygen atoms in total. The molecule has 0 aromatic heterocycles. The van der Waals surface area contributed by atoms with E-state index in [1.807, 2.05) is 12.1 Å². The Balaban J connectivity index is 1.78. The monoisotopic (exact) mass is 266 g/mol. The molecule has 2 unspecified atom stereocenters. The summed E-state index contributed by atoms with van der Waals surface area (Å²) in [5, 5.41) is 3.42. The molecule has 1 N–H and O–H groups in total. The molecule has 2 aliphatic rings. The lowest BCUT2D eigenvalue weighted by atomic mass is 10.0. The maximum Gasteiger partial charge on any atom is 0.175 e. The van der Waals surface area contributed by atoms with E-state index in [-0.39, 0.29) is 0 Å². The van der Waals surface area contributed by atoms with Crippen LogP contribution in [0.3, 0.4) is 0 Å². The minimum absolute atomic E-state index is 0.396. The Hall–Kier alpha value is -1.07. The van der Waals surface area contributed by atoms with Crippen molar-refractivity contribution < 1.29 is 8.42 Å². The highest BCUT2D eigenvalue weighted by atomic mass is 32.2. The second-order valence-corrected chi connectivity index (χ2v) is 7.37. The molecule has 0 spiro atoms. The van der Waals surface area contributed by atoms with Crippen molar-refractivity contribution >= 4 is 15.5 Å². The van der Waals surface area contributed by atoms with Gasteiger partial charge in [0.1, 0.15) is 0 Å². The Bertz CT molecular complexity index is 527. The average Bonchev–Trinajstić information content (AvgIpc) is 2.88. The molecule has 0 saturated carbocycles. The van der Waals surface area contributed by atoms with Crippen molar-refractivity contribution in [1.29, 1.82) is 0 Å². The summed E-state index contributed by atoms with van der Waals surface area (Å²) >= 11 is 0. The van der Waals surface area contributed by atoms with Crippen LogP contribution in [0.15, 0.2) is 29.2 Å². The van der Waals surface area contributed by atoms with Gasteiger partial charge in [0.05, 0.1) is 4.90 Å². The van der Waals surface area contributed by atoms with Crippen molar-refractivity contribution in [2.24, 2.45) is 11.8 Å². The summed E-state index contributed by atoms with van der Waals surface area (Å²) in [4.78, 5) is 2.76. The highest BCUT2D eigenvalue weighted by molar-refractivity contribution is 7.90. The van der Waals surface area contributed by atoms with E-state index in [0.717, 1.165) is 43.7 Å². The Morgan fingerprint density at radius 1 is 1.11 bits per heavy atom. The first-order valence-electron chi connectivity index (χ1n) is 6.30. The normalized spacial score (nSPS) is 27.5. The van der Waals surface area contributed by atoms with Crippen molar-refractivity contribution in [2.45, 2.75) is 4.90 Å². The second kappa shape index (κ2) is 4.24. The number of fused-ring (bicyclic) bond motifs is 1. The van der Waals surface area contributed by atoms with Gasteiger partial charge in [-0.3, -0.25) is 0 Å². The molecule has 2 aliphatic heterocycles. The lowest BCUT2D eigenvalue weighted by molar-refractivity contribution is 0.533. The summed E-state index contributed by atoms with van der Waals surface area (Å²) in [5.41, 5.74) is 1.14. The lowest BCUT2D eigenvalue weighted by Crippen LogP contribution is -2.25. The molecule has 0 bridgehead atoms. The first kappa shape index (κ1) is 12.0. The molecule has 2 saturated heterocycles. The van der Waals surface area contributed by atoms with E-state index in [1.165, 1.54) is 6.26 Å². The van der Waals surface area contributed by atoms with Crippen molar-refractivity contribution in [3.8, 4) is 0 Å². The Labute approximate surface area is 108 Å². The fourth-order valence-electron chi connectivity index (χ4n) is 2.97. The quantitative estimate of drug-likeness (QED) is 0.858. The molecule has 0 aliphatic carbocycles. The highest BCUT2D eigenvalue weighted by Gasteiger charge is 2.36. The van der Waals surface area contributed by atoms with Gasteiger partial charge in [-0.25, -0.2) is 8.42 Å². The van der Waals surface area contributed by atoms with Crippen LogP contribution >= 0.6 is 0 Å². The molecule has 1 aromatic rings. The fourth-order valence-corrected chi connectivity index (χ4v) is 3.60. The molecular formula is C13H18N2O2S. The van der Waals surface area contributed by atoms with Crippen LogP contribution in [0.25, 0.3) is 0 Å². The zero-order chi connectivity index (χ0) is 12.8. The number of hydrogen-bond acceptors (Lipinski definition) is 4. The van der Waals surface area contributed by atoms with Crippen LogP contribution in [-0.2, 0) is 9.84 Å². The zero-order valence-corrected chi connectivity index (χ0v) is 11.3. The second-order valence-electron chi connectivity index (χ2n) is 5.35. The summed E-state index contributed by atoms with van der Waals surface area (Å²) in [6.45, 7) is 4.39. The van der Waals surface area contributed by atoms with Gasteiger partial charge in [0.2, 0.25) is 0 Å².